The highest BCUT2D eigenvalue weighted by molar-refractivity contribution is 7.91. The van der Waals surface area contributed by atoms with Crippen LogP contribution in [0.1, 0.15) is 6.42 Å². The molecule has 1 atom stereocenters. The summed E-state index contributed by atoms with van der Waals surface area (Å²) in [5.41, 5.74) is 0. The van der Waals surface area contributed by atoms with E-state index < -0.39 is 15.9 Å². The van der Waals surface area contributed by atoms with Crippen LogP contribution in [0.25, 0.3) is 0 Å². The average molecular weight is 280 g/mol. The van der Waals surface area contributed by atoms with E-state index in [4.69, 9.17) is 4.74 Å². The van der Waals surface area contributed by atoms with Crippen molar-refractivity contribution in [3.8, 4) is 0 Å². The lowest BCUT2D eigenvalue weighted by atomic mass is 10.3. The van der Waals surface area contributed by atoms with E-state index in [2.05, 4.69) is 5.32 Å². The molecule has 0 spiro atoms. The summed E-state index contributed by atoms with van der Waals surface area (Å²) >= 11 is 0. The van der Waals surface area contributed by atoms with E-state index in [0.717, 1.165) is 6.54 Å². The molecular formula is C11H24N2O4S. The van der Waals surface area contributed by atoms with E-state index in [1.54, 1.807) is 7.11 Å². The lowest BCUT2D eigenvalue weighted by molar-refractivity contribution is 0.112. The van der Waals surface area contributed by atoms with Crippen LogP contribution in [-0.4, -0.2) is 82.5 Å². The standard InChI is InChI=1S/C11H24N2O4S/c1-17-6-3-12-9-11(14)10-13-4-2-7-18(15,16)8-5-13/h11-12,14H,2-10H2,1H3. The van der Waals surface area contributed by atoms with Crippen molar-refractivity contribution in [3.05, 3.63) is 0 Å². The molecule has 108 valence electrons. The number of sulfone groups is 1. The number of nitrogens with one attached hydrogen (secondary N) is 1. The zero-order valence-corrected chi connectivity index (χ0v) is 11.8. The van der Waals surface area contributed by atoms with Crippen LogP contribution in [-0.2, 0) is 14.6 Å². The van der Waals surface area contributed by atoms with Crippen molar-refractivity contribution in [3.63, 3.8) is 0 Å². The van der Waals surface area contributed by atoms with E-state index in [1.165, 1.54) is 0 Å². The second-order valence-corrected chi connectivity index (χ2v) is 6.96. The Bertz CT molecular complexity index is 321. The Morgan fingerprint density at radius 1 is 1.39 bits per heavy atom. The SMILES string of the molecule is COCCNCC(O)CN1CCCS(=O)(=O)CC1. The maximum atomic E-state index is 11.4. The second kappa shape index (κ2) is 8.06. The van der Waals surface area contributed by atoms with Gasteiger partial charge in [0.05, 0.1) is 24.2 Å². The van der Waals surface area contributed by atoms with Gasteiger partial charge in [0, 0.05) is 33.3 Å². The molecule has 0 aromatic rings. The normalized spacial score (nSPS) is 22.6. The highest BCUT2D eigenvalue weighted by atomic mass is 32.2. The molecule has 0 radical (unpaired) electrons. The van der Waals surface area contributed by atoms with E-state index in [0.29, 0.717) is 39.2 Å². The van der Waals surface area contributed by atoms with Gasteiger partial charge in [-0.3, -0.25) is 4.90 Å². The number of methoxy groups -OCH3 is 1. The lowest BCUT2D eigenvalue weighted by Crippen LogP contribution is -2.40. The van der Waals surface area contributed by atoms with Crippen LogP contribution in [0, 0.1) is 0 Å². The summed E-state index contributed by atoms with van der Waals surface area (Å²) in [5, 5.41) is 12.9. The van der Waals surface area contributed by atoms with Crippen LogP contribution in [0.2, 0.25) is 0 Å². The third-order valence-corrected chi connectivity index (χ3v) is 4.70. The number of hydrogen-bond donors (Lipinski definition) is 2. The molecule has 2 N–H and O–H groups in total. The molecule has 0 aromatic carbocycles. The minimum atomic E-state index is -2.87. The Kier molecular flexibility index (Phi) is 7.10. The van der Waals surface area contributed by atoms with Crippen molar-refractivity contribution in [2.75, 3.05) is 57.9 Å². The van der Waals surface area contributed by atoms with Gasteiger partial charge >= 0.3 is 0 Å². The predicted octanol–water partition coefficient (Wildman–Crippen LogP) is -1.30. The summed E-state index contributed by atoms with van der Waals surface area (Å²) in [6.45, 7) is 3.63. The van der Waals surface area contributed by atoms with Gasteiger partial charge in [-0.2, -0.15) is 0 Å². The summed E-state index contributed by atoms with van der Waals surface area (Å²) in [5.74, 6) is 0.475. The second-order valence-electron chi connectivity index (χ2n) is 4.66. The fraction of sp³-hybridized carbons (Fsp3) is 1.00. The first-order valence-electron chi connectivity index (χ1n) is 6.34. The minimum Gasteiger partial charge on any atom is -0.390 e. The van der Waals surface area contributed by atoms with Crippen molar-refractivity contribution in [1.29, 1.82) is 0 Å². The summed E-state index contributed by atoms with van der Waals surface area (Å²) in [7, 11) is -1.23. The summed E-state index contributed by atoms with van der Waals surface area (Å²) in [4.78, 5) is 2.02. The molecule has 1 aliphatic heterocycles. The molecule has 0 saturated carbocycles. The molecule has 1 aliphatic rings. The quantitative estimate of drug-likeness (QED) is 0.565. The molecule has 0 aliphatic carbocycles. The Hall–Kier alpha value is -0.210. The largest absolute Gasteiger partial charge is 0.390 e. The maximum Gasteiger partial charge on any atom is 0.151 e. The van der Waals surface area contributed by atoms with Crippen molar-refractivity contribution in [1.82, 2.24) is 10.2 Å². The van der Waals surface area contributed by atoms with Crippen molar-refractivity contribution < 1.29 is 18.3 Å². The Labute approximate surface area is 109 Å². The van der Waals surface area contributed by atoms with Gasteiger partial charge in [-0.05, 0) is 13.0 Å². The number of hydrogen-bond acceptors (Lipinski definition) is 6. The molecule has 1 saturated heterocycles. The zero-order valence-electron chi connectivity index (χ0n) is 11.0. The Balaban J connectivity index is 2.21. The van der Waals surface area contributed by atoms with Gasteiger partial charge in [0.2, 0.25) is 0 Å². The third kappa shape index (κ3) is 6.65. The van der Waals surface area contributed by atoms with Crippen molar-refractivity contribution >= 4 is 9.84 Å². The highest BCUT2D eigenvalue weighted by Crippen LogP contribution is 2.05. The van der Waals surface area contributed by atoms with E-state index in [-0.39, 0.29) is 11.5 Å². The van der Waals surface area contributed by atoms with Crippen LogP contribution in [0.4, 0.5) is 0 Å². The molecule has 0 aromatic heterocycles. The van der Waals surface area contributed by atoms with Gasteiger partial charge in [-0.25, -0.2) is 8.42 Å². The van der Waals surface area contributed by atoms with Crippen LogP contribution < -0.4 is 5.32 Å². The van der Waals surface area contributed by atoms with E-state index in [1.807, 2.05) is 4.90 Å². The fourth-order valence-corrected chi connectivity index (χ4v) is 3.29. The molecule has 7 heteroatoms. The van der Waals surface area contributed by atoms with Crippen molar-refractivity contribution in [2.24, 2.45) is 0 Å². The average Bonchev–Trinajstić information content (AvgIpc) is 2.47. The fourth-order valence-electron chi connectivity index (χ4n) is 1.98. The molecule has 1 unspecified atom stereocenters. The number of aliphatic hydroxyl groups excluding tert-OH is 1. The first-order valence-corrected chi connectivity index (χ1v) is 8.16. The number of aliphatic hydroxyl groups is 1. The van der Waals surface area contributed by atoms with E-state index in [9.17, 15) is 13.5 Å². The Morgan fingerprint density at radius 2 is 2.17 bits per heavy atom. The first-order chi connectivity index (χ1) is 8.53. The third-order valence-electron chi connectivity index (χ3n) is 2.98. The van der Waals surface area contributed by atoms with Crippen LogP contribution in [0.3, 0.4) is 0 Å². The molecule has 18 heavy (non-hydrogen) atoms. The zero-order chi connectivity index (χ0) is 13.4. The highest BCUT2D eigenvalue weighted by Gasteiger charge is 2.20. The van der Waals surface area contributed by atoms with Gasteiger partial charge in [0.15, 0.2) is 9.84 Å². The summed E-state index contributed by atoms with van der Waals surface area (Å²) < 4.78 is 27.8. The Morgan fingerprint density at radius 3 is 2.89 bits per heavy atom. The number of ether oxygens (including phenoxy) is 1. The lowest BCUT2D eigenvalue weighted by Gasteiger charge is -2.22. The topological polar surface area (TPSA) is 78.9 Å². The molecule has 1 fully saturated rings. The molecule has 6 nitrogen and oxygen atoms in total. The smallest absolute Gasteiger partial charge is 0.151 e. The van der Waals surface area contributed by atoms with Crippen LogP contribution >= 0.6 is 0 Å². The monoisotopic (exact) mass is 280 g/mol. The van der Waals surface area contributed by atoms with E-state index >= 15 is 0 Å². The molecule has 0 amide bonds. The molecule has 1 heterocycles. The molecule has 0 bridgehead atoms. The number of β-amino-alcohol motifs (C(OH)–C–C–N with tert-alkyl or cyclic N) is 1. The predicted molar refractivity (Wildman–Crippen MR) is 70.5 cm³/mol. The van der Waals surface area contributed by atoms with Gasteiger partial charge in [-0.15, -0.1) is 0 Å². The minimum absolute atomic E-state index is 0.205. The van der Waals surface area contributed by atoms with Gasteiger partial charge in [-0.1, -0.05) is 0 Å². The van der Waals surface area contributed by atoms with Crippen LogP contribution in [0.15, 0.2) is 0 Å². The number of rotatable bonds is 7. The van der Waals surface area contributed by atoms with Gasteiger partial charge in [0.1, 0.15) is 0 Å². The van der Waals surface area contributed by atoms with Gasteiger partial charge in [0.25, 0.3) is 0 Å². The van der Waals surface area contributed by atoms with Crippen LogP contribution in [0.5, 0.6) is 0 Å². The maximum absolute atomic E-state index is 11.4. The molecular weight excluding hydrogens is 256 g/mol. The van der Waals surface area contributed by atoms with Crippen molar-refractivity contribution in [2.45, 2.75) is 12.5 Å². The summed E-state index contributed by atoms with van der Waals surface area (Å²) in [6.07, 6.45) is 0.189. The number of nitrogens with zero attached hydrogens (tertiary/aromatic N) is 1. The van der Waals surface area contributed by atoms with Gasteiger partial charge < -0.3 is 15.2 Å². The molecule has 1 rings (SSSR count). The first kappa shape index (κ1) is 15.8. The summed E-state index contributed by atoms with van der Waals surface area (Å²) in [6, 6.07) is 0.